The quantitative estimate of drug-likeness (QED) is 0.898. The Morgan fingerprint density at radius 3 is 2.81 bits per heavy atom. The van der Waals surface area contributed by atoms with E-state index >= 15 is 0 Å². The number of halogens is 1. The Balaban J connectivity index is 0.00000220. The molecule has 0 aromatic carbocycles. The lowest BCUT2D eigenvalue weighted by atomic mass is 9.99. The molecule has 2 unspecified atom stereocenters. The highest BCUT2D eigenvalue weighted by molar-refractivity contribution is 5.95. The number of nitrogens with one attached hydrogen (secondary N) is 2. The molecule has 2 rings (SSSR count). The molecule has 21 heavy (non-hydrogen) atoms. The lowest BCUT2D eigenvalue weighted by Gasteiger charge is -2.28. The molecule has 5 nitrogen and oxygen atoms in total. The first-order valence-electron chi connectivity index (χ1n) is 7.35. The minimum atomic E-state index is -0.0483. The molecule has 1 aromatic heterocycles. The van der Waals surface area contributed by atoms with E-state index in [4.69, 9.17) is 0 Å². The van der Waals surface area contributed by atoms with Gasteiger partial charge in [0.25, 0.3) is 5.91 Å². The molecule has 1 fully saturated rings. The van der Waals surface area contributed by atoms with Crippen LogP contribution < -0.4 is 10.6 Å². The van der Waals surface area contributed by atoms with Crippen molar-refractivity contribution in [2.24, 2.45) is 0 Å². The SMILES string of the molecule is Cc1ncc(C(=O)NC2CCNC(C)C2)c(C(C)C)n1.Cl. The van der Waals surface area contributed by atoms with Crippen molar-refractivity contribution in [2.75, 3.05) is 6.54 Å². The molecule has 118 valence electrons. The summed E-state index contributed by atoms with van der Waals surface area (Å²) < 4.78 is 0. The third-order valence-corrected chi connectivity index (χ3v) is 3.69. The summed E-state index contributed by atoms with van der Waals surface area (Å²) in [5.74, 6) is 0.873. The molecule has 1 aliphatic heterocycles. The third kappa shape index (κ3) is 4.64. The topological polar surface area (TPSA) is 66.9 Å². The molecule has 2 heterocycles. The van der Waals surface area contributed by atoms with Gasteiger partial charge in [-0.25, -0.2) is 9.97 Å². The minimum absolute atomic E-state index is 0. The van der Waals surface area contributed by atoms with Crippen molar-refractivity contribution in [3.05, 3.63) is 23.3 Å². The number of carbonyl (C=O) groups is 1. The molecule has 1 saturated heterocycles. The summed E-state index contributed by atoms with van der Waals surface area (Å²) in [6.07, 6.45) is 3.59. The summed E-state index contributed by atoms with van der Waals surface area (Å²) in [5, 5.41) is 6.51. The van der Waals surface area contributed by atoms with Crippen LogP contribution in [0.4, 0.5) is 0 Å². The van der Waals surface area contributed by atoms with E-state index in [0.717, 1.165) is 25.1 Å². The number of carbonyl (C=O) groups excluding carboxylic acids is 1. The van der Waals surface area contributed by atoms with Crippen molar-refractivity contribution in [3.8, 4) is 0 Å². The first kappa shape index (κ1) is 17.9. The number of piperidine rings is 1. The van der Waals surface area contributed by atoms with E-state index in [-0.39, 0.29) is 30.3 Å². The first-order valence-corrected chi connectivity index (χ1v) is 7.35. The maximum absolute atomic E-state index is 12.4. The Hall–Kier alpha value is -1.20. The molecule has 1 aliphatic rings. The lowest BCUT2D eigenvalue weighted by Crippen LogP contribution is -2.46. The summed E-state index contributed by atoms with van der Waals surface area (Å²) in [6, 6.07) is 0.688. The number of rotatable bonds is 3. The maximum atomic E-state index is 12.4. The van der Waals surface area contributed by atoms with E-state index in [1.807, 2.05) is 20.8 Å². The molecule has 0 saturated carbocycles. The highest BCUT2D eigenvalue weighted by atomic mass is 35.5. The zero-order chi connectivity index (χ0) is 14.7. The van der Waals surface area contributed by atoms with Gasteiger partial charge in [-0.3, -0.25) is 4.79 Å². The van der Waals surface area contributed by atoms with Gasteiger partial charge in [-0.2, -0.15) is 0 Å². The Morgan fingerprint density at radius 1 is 1.48 bits per heavy atom. The summed E-state index contributed by atoms with van der Waals surface area (Å²) in [4.78, 5) is 21.0. The van der Waals surface area contributed by atoms with Gasteiger partial charge in [-0.15, -0.1) is 12.4 Å². The molecule has 1 amide bonds. The Labute approximate surface area is 132 Å². The fourth-order valence-corrected chi connectivity index (χ4v) is 2.63. The zero-order valence-corrected chi connectivity index (χ0v) is 14.0. The zero-order valence-electron chi connectivity index (χ0n) is 13.1. The van der Waals surface area contributed by atoms with Crippen LogP contribution in [0, 0.1) is 6.92 Å². The highest BCUT2D eigenvalue weighted by Gasteiger charge is 2.23. The number of aromatic nitrogens is 2. The monoisotopic (exact) mass is 312 g/mol. The Morgan fingerprint density at radius 2 is 2.19 bits per heavy atom. The van der Waals surface area contributed by atoms with Crippen LogP contribution in [0.25, 0.3) is 0 Å². The van der Waals surface area contributed by atoms with Gasteiger partial charge in [0.1, 0.15) is 5.82 Å². The molecule has 0 aliphatic carbocycles. The van der Waals surface area contributed by atoms with Crippen LogP contribution in [-0.4, -0.2) is 34.5 Å². The molecule has 0 spiro atoms. The fourth-order valence-electron chi connectivity index (χ4n) is 2.63. The van der Waals surface area contributed by atoms with Gasteiger partial charge in [0.2, 0.25) is 0 Å². The number of amides is 1. The number of aryl methyl sites for hydroxylation is 1. The first-order chi connectivity index (χ1) is 9.47. The largest absolute Gasteiger partial charge is 0.349 e. The van der Waals surface area contributed by atoms with Gasteiger partial charge in [0.05, 0.1) is 11.3 Å². The van der Waals surface area contributed by atoms with Crippen molar-refractivity contribution in [3.63, 3.8) is 0 Å². The Bertz CT molecular complexity index is 493. The van der Waals surface area contributed by atoms with Gasteiger partial charge < -0.3 is 10.6 Å². The minimum Gasteiger partial charge on any atom is -0.349 e. The average Bonchev–Trinajstić information content (AvgIpc) is 2.38. The van der Waals surface area contributed by atoms with Gasteiger partial charge >= 0.3 is 0 Å². The summed E-state index contributed by atoms with van der Waals surface area (Å²) in [7, 11) is 0. The van der Waals surface area contributed by atoms with Crippen LogP contribution in [0.15, 0.2) is 6.20 Å². The van der Waals surface area contributed by atoms with Crippen LogP contribution in [0.3, 0.4) is 0 Å². The number of nitrogens with zero attached hydrogens (tertiary/aromatic N) is 2. The second kappa shape index (κ2) is 7.71. The van der Waals surface area contributed by atoms with Crippen molar-refractivity contribution < 1.29 is 4.79 Å². The molecule has 0 bridgehead atoms. The van der Waals surface area contributed by atoms with Crippen LogP contribution in [-0.2, 0) is 0 Å². The fraction of sp³-hybridized carbons (Fsp3) is 0.667. The molecular weight excluding hydrogens is 288 g/mol. The maximum Gasteiger partial charge on any atom is 0.254 e. The van der Waals surface area contributed by atoms with Crippen molar-refractivity contribution in [1.82, 2.24) is 20.6 Å². The summed E-state index contributed by atoms with van der Waals surface area (Å²) >= 11 is 0. The predicted octanol–water partition coefficient (Wildman–Crippen LogP) is 2.20. The van der Waals surface area contributed by atoms with E-state index in [9.17, 15) is 4.79 Å². The lowest BCUT2D eigenvalue weighted by molar-refractivity contribution is 0.0923. The van der Waals surface area contributed by atoms with Gasteiger partial charge in [0.15, 0.2) is 0 Å². The average molecular weight is 313 g/mol. The molecule has 0 radical (unpaired) electrons. The van der Waals surface area contributed by atoms with Crippen molar-refractivity contribution >= 4 is 18.3 Å². The standard InChI is InChI=1S/C15H24N4O.ClH/c1-9(2)14-13(8-17-11(4)18-14)15(20)19-12-5-6-16-10(3)7-12;/h8-10,12,16H,5-7H2,1-4H3,(H,19,20);1H. The Kier molecular flexibility index (Phi) is 6.55. The highest BCUT2D eigenvalue weighted by Crippen LogP contribution is 2.17. The second-order valence-corrected chi connectivity index (χ2v) is 5.92. The third-order valence-electron chi connectivity index (χ3n) is 3.69. The normalized spacial score (nSPS) is 21.8. The van der Waals surface area contributed by atoms with Crippen LogP contribution >= 0.6 is 12.4 Å². The van der Waals surface area contributed by atoms with Gasteiger partial charge in [0, 0.05) is 18.3 Å². The molecular formula is C15H25ClN4O. The van der Waals surface area contributed by atoms with E-state index in [0.29, 0.717) is 17.4 Å². The molecule has 6 heteroatoms. The van der Waals surface area contributed by atoms with Crippen LogP contribution in [0.2, 0.25) is 0 Å². The van der Waals surface area contributed by atoms with E-state index < -0.39 is 0 Å². The second-order valence-electron chi connectivity index (χ2n) is 5.92. The molecule has 2 N–H and O–H groups in total. The predicted molar refractivity (Wildman–Crippen MR) is 86.1 cm³/mol. The molecule has 2 atom stereocenters. The van der Waals surface area contributed by atoms with Gasteiger partial charge in [-0.1, -0.05) is 13.8 Å². The van der Waals surface area contributed by atoms with E-state index in [2.05, 4.69) is 27.5 Å². The van der Waals surface area contributed by atoms with Crippen molar-refractivity contribution in [1.29, 1.82) is 0 Å². The van der Waals surface area contributed by atoms with E-state index in [1.165, 1.54) is 0 Å². The van der Waals surface area contributed by atoms with Crippen LogP contribution in [0.5, 0.6) is 0 Å². The summed E-state index contributed by atoms with van der Waals surface area (Å²) in [5.41, 5.74) is 1.44. The molecule has 1 aromatic rings. The van der Waals surface area contributed by atoms with Crippen LogP contribution in [0.1, 0.15) is 61.4 Å². The number of hydrogen-bond acceptors (Lipinski definition) is 4. The van der Waals surface area contributed by atoms with Gasteiger partial charge in [-0.05, 0) is 39.2 Å². The van der Waals surface area contributed by atoms with E-state index in [1.54, 1.807) is 6.20 Å². The van der Waals surface area contributed by atoms with Crippen molar-refractivity contribution in [2.45, 2.75) is 58.5 Å². The summed E-state index contributed by atoms with van der Waals surface area (Å²) in [6.45, 7) is 9.04. The number of hydrogen-bond donors (Lipinski definition) is 2. The smallest absolute Gasteiger partial charge is 0.254 e.